The standard InChI is InChI=1S/C12H13BrClN3/c1-12(2,15)11-16-6-10(17-11)8-4-3-7(13)5-9(8)14/h3-6H,15H2,1-2H3,(H,16,17). The number of aromatic nitrogens is 2. The highest BCUT2D eigenvalue weighted by Gasteiger charge is 2.18. The largest absolute Gasteiger partial charge is 0.340 e. The van der Waals surface area contributed by atoms with Gasteiger partial charge in [0, 0.05) is 10.0 Å². The molecule has 0 aliphatic rings. The summed E-state index contributed by atoms with van der Waals surface area (Å²) in [7, 11) is 0. The Bertz CT molecular complexity index is 543. The topological polar surface area (TPSA) is 54.7 Å². The Morgan fingerprint density at radius 1 is 1.41 bits per heavy atom. The lowest BCUT2D eigenvalue weighted by atomic mass is 10.1. The highest BCUT2D eigenvalue weighted by Crippen LogP contribution is 2.30. The van der Waals surface area contributed by atoms with Crippen molar-refractivity contribution < 1.29 is 0 Å². The van der Waals surface area contributed by atoms with Crippen molar-refractivity contribution in [3.05, 3.63) is 39.7 Å². The molecule has 2 aromatic rings. The number of imidazole rings is 1. The lowest BCUT2D eigenvalue weighted by Crippen LogP contribution is -2.30. The van der Waals surface area contributed by atoms with Crippen molar-refractivity contribution in [3.8, 4) is 11.3 Å². The predicted octanol–water partition coefficient (Wildman–Crippen LogP) is 3.69. The maximum atomic E-state index is 6.18. The Balaban J connectivity index is 2.44. The minimum absolute atomic E-state index is 0.486. The van der Waals surface area contributed by atoms with Gasteiger partial charge >= 0.3 is 0 Å². The van der Waals surface area contributed by atoms with E-state index in [1.165, 1.54) is 0 Å². The number of benzene rings is 1. The Kier molecular flexibility index (Phi) is 3.30. The van der Waals surface area contributed by atoms with Crippen molar-refractivity contribution in [1.29, 1.82) is 0 Å². The number of H-pyrrole nitrogens is 1. The number of rotatable bonds is 2. The van der Waals surface area contributed by atoms with Crippen LogP contribution in [0.2, 0.25) is 5.02 Å². The zero-order valence-electron chi connectivity index (χ0n) is 9.59. The molecule has 0 saturated carbocycles. The average molecular weight is 315 g/mol. The predicted molar refractivity (Wildman–Crippen MR) is 73.9 cm³/mol. The molecular weight excluding hydrogens is 302 g/mol. The Morgan fingerprint density at radius 2 is 2.12 bits per heavy atom. The summed E-state index contributed by atoms with van der Waals surface area (Å²) in [5.41, 5.74) is 7.28. The molecule has 2 rings (SSSR count). The fourth-order valence-electron chi connectivity index (χ4n) is 1.49. The van der Waals surface area contributed by atoms with E-state index in [2.05, 4.69) is 25.9 Å². The van der Waals surface area contributed by atoms with E-state index >= 15 is 0 Å². The first-order chi connectivity index (χ1) is 7.88. The van der Waals surface area contributed by atoms with Gasteiger partial charge in [-0.05, 0) is 26.0 Å². The van der Waals surface area contributed by atoms with Crippen molar-refractivity contribution in [1.82, 2.24) is 9.97 Å². The van der Waals surface area contributed by atoms with Crippen LogP contribution >= 0.6 is 27.5 Å². The second kappa shape index (κ2) is 4.44. The monoisotopic (exact) mass is 313 g/mol. The van der Waals surface area contributed by atoms with Crippen molar-refractivity contribution in [2.45, 2.75) is 19.4 Å². The Labute approximate surface area is 114 Å². The molecule has 0 atom stereocenters. The van der Waals surface area contributed by atoms with Gasteiger partial charge < -0.3 is 10.7 Å². The van der Waals surface area contributed by atoms with Crippen molar-refractivity contribution >= 4 is 27.5 Å². The van der Waals surface area contributed by atoms with Crippen LogP contribution in [0.25, 0.3) is 11.3 Å². The molecule has 0 bridgehead atoms. The van der Waals surface area contributed by atoms with E-state index in [0.29, 0.717) is 5.02 Å². The minimum Gasteiger partial charge on any atom is -0.340 e. The van der Waals surface area contributed by atoms with Crippen LogP contribution in [0.15, 0.2) is 28.9 Å². The summed E-state index contributed by atoms with van der Waals surface area (Å²) in [6, 6.07) is 5.73. The van der Waals surface area contributed by atoms with E-state index in [1.54, 1.807) is 6.20 Å². The number of aromatic amines is 1. The number of hydrogen-bond acceptors (Lipinski definition) is 2. The van der Waals surface area contributed by atoms with E-state index in [0.717, 1.165) is 21.6 Å². The zero-order chi connectivity index (χ0) is 12.6. The van der Waals surface area contributed by atoms with Crippen LogP contribution < -0.4 is 5.73 Å². The van der Waals surface area contributed by atoms with Crippen LogP contribution in [0.4, 0.5) is 0 Å². The highest BCUT2D eigenvalue weighted by atomic mass is 79.9. The molecule has 1 heterocycles. The van der Waals surface area contributed by atoms with Gasteiger partial charge in [0.15, 0.2) is 0 Å². The van der Waals surface area contributed by atoms with E-state index in [4.69, 9.17) is 17.3 Å². The van der Waals surface area contributed by atoms with Gasteiger partial charge in [0.1, 0.15) is 5.82 Å². The molecule has 5 heteroatoms. The fraction of sp³-hybridized carbons (Fsp3) is 0.250. The van der Waals surface area contributed by atoms with E-state index in [1.807, 2.05) is 32.0 Å². The molecule has 90 valence electrons. The van der Waals surface area contributed by atoms with Crippen LogP contribution in [0.5, 0.6) is 0 Å². The molecule has 0 amide bonds. The number of nitrogens with two attached hydrogens (primary N) is 1. The quantitative estimate of drug-likeness (QED) is 0.888. The second-order valence-corrected chi connectivity index (χ2v) is 5.81. The van der Waals surface area contributed by atoms with E-state index in [9.17, 15) is 0 Å². The molecule has 0 radical (unpaired) electrons. The number of hydrogen-bond donors (Lipinski definition) is 2. The van der Waals surface area contributed by atoms with Gasteiger partial charge in [-0.25, -0.2) is 4.98 Å². The summed E-state index contributed by atoms with van der Waals surface area (Å²) < 4.78 is 0.949. The SMILES string of the molecule is CC(C)(N)c1ncc(-c2ccc(Br)cc2Cl)[nH]1. The molecule has 17 heavy (non-hydrogen) atoms. The van der Waals surface area contributed by atoms with Crippen LogP contribution in [-0.4, -0.2) is 9.97 Å². The molecule has 3 N–H and O–H groups in total. The maximum absolute atomic E-state index is 6.18. The number of nitrogens with one attached hydrogen (secondary N) is 1. The summed E-state index contributed by atoms with van der Waals surface area (Å²) in [5.74, 6) is 0.742. The normalized spacial score (nSPS) is 11.8. The first-order valence-electron chi connectivity index (χ1n) is 5.18. The Hall–Kier alpha value is -0.840. The first kappa shape index (κ1) is 12.6. The van der Waals surface area contributed by atoms with Crippen LogP contribution in [0.3, 0.4) is 0 Å². The molecule has 0 spiro atoms. The van der Waals surface area contributed by atoms with Gasteiger partial charge in [0.25, 0.3) is 0 Å². The van der Waals surface area contributed by atoms with Crippen molar-refractivity contribution in [2.75, 3.05) is 0 Å². The second-order valence-electron chi connectivity index (χ2n) is 4.49. The summed E-state index contributed by atoms with van der Waals surface area (Å²) >= 11 is 9.55. The van der Waals surface area contributed by atoms with Crippen molar-refractivity contribution in [3.63, 3.8) is 0 Å². The minimum atomic E-state index is -0.486. The molecule has 3 nitrogen and oxygen atoms in total. The molecule has 1 aromatic carbocycles. The van der Waals surface area contributed by atoms with Gasteiger partial charge in [-0.3, -0.25) is 0 Å². The van der Waals surface area contributed by atoms with Crippen LogP contribution in [0, 0.1) is 0 Å². The smallest absolute Gasteiger partial charge is 0.126 e. The lowest BCUT2D eigenvalue weighted by molar-refractivity contribution is 0.520. The van der Waals surface area contributed by atoms with Gasteiger partial charge in [-0.1, -0.05) is 33.6 Å². The molecule has 0 saturated heterocycles. The third-order valence-electron chi connectivity index (χ3n) is 2.41. The fourth-order valence-corrected chi connectivity index (χ4v) is 2.27. The van der Waals surface area contributed by atoms with Crippen LogP contribution in [0.1, 0.15) is 19.7 Å². The lowest BCUT2D eigenvalue weighted by Gasteiger charge is -2.14. The third kappa shape index (κ3) is 2.70. The summed E-state index contributed by atoms with van der Waals surface area (Å²) in [5, 5.41) is 0.671. The molecule has 0 aliphatic carbocycles. The first-order valence-corrected chi connectivity index (χ1v) is 6.35. The molecule has 0 fully saturated rings. The summed E-state index contributed by atoms with van der Waals surface area (Å²) in [6.07, 6.45) is 1.75. The highest BCUT2D eigenvalue weighted by molar-refractivity contribution is 9.10. The number of halogens is 2. The van der Waals surface area contributed by atoms with Gasteiger partial charge in [-0.15, -0.1) is 0 Å². The zero-order valence-corrected chi connectivity index (χ0v) is 11.9. The molecule has 0 unspecified atom stereocenters. The molecular formula is C12H13BrClN3. The van der Waals surface area contributed by atoms with Crippen LogP contribution in [-0.2, 0) is 5.54 Å². The van der Waals surface area contributed by atoms with Gasteiger partial charge in [0.2, 0.25) is 0 Å². The molecule has 1 aromatic heterocycles. The van der Waals surface area contributed by atoms with Gasteiger partial charge in [-0.2, -0.15) is 0 Å². The maximum Gasteiger partial charge on any atom is 0.126 e. The Morgan fingerprint density at radius 3 is 2.65 bits per heavy atom. The molecule has 0 aliphatic heterocycles. The summed E-state index contributed by atoms with van der Waals surface area (Å²) in [4.78, 5) is 7.47. The summed E-state index contributed by atoms with van der Waals surface area (Å²) in [6.45, 7) is 3.80. The van der Waals surface area contributed by atoms with E-state index in [-0.39, 0.29) is 0 Å². The number of nitrogens with zero attached hydrogens (tertiary/aromatic N) is 1. The van der Waals surface area contributed by atoms with Gasteiger partial charge in [0.05, 0.1) is 22.5 Å². The van der Waals surface area contributed by atoms with E-state index < -0.39 is 5.54 Å². The third-order valence-corrected chi connectivity index (χ3v) is 3.21. The van der Waals surface area contributed by atoms with Crippen molar-refractivity contribution in [2.24, 2.45) is 5.73 Å². The average Bonchev–Trinajstić information content (AvgIpc) is 2.65.